The number of halogens is 1. The first-order valence-electron chi connectivity index (χ1n) is 12.3. The number of nitrogens with zero attached hydrogens (tertiary/aromatic N) is 1. The lowest BCUT2D eigenvalue weighted by molar-refractivity contribution is -0.0342. The number of aromatic nitrogens is 1. The van der Waals surface area contributed by atoms with Gasteiger partial charge in [0.05, 0.1) is 5.52 Å². The summed E-state index contributed by atoms with van der Waals surface area (Å²) in [5.41, 5.74) is 13.2. The third-order valence-corrected chi connectivity index (χ3v) is 8.43. The molecule has 5 heteroatoms. The third kappa shape index (κ3) is 3.31. The molecular weight excluding hydrogens is 413 g/mol. The van der Waals surface area contributed by atoms with Gasteiger partial charge < -0.3 is 20.4 Å². The fourth-order valence-electron chi connectivity index (χ4n) is 7.15. The van der Waals surface area contributed by atoms with Gasteiger partial charge in [0.15, 0.2) is 0 Å². The number of ether oxygens (including phenoxy) is 1. The average Bonchev–Trinajstić information content (AvgIpc) is 3.09. The van der Waals surface area contributed by atoms with E-state index in [2.05, 4.69) is 17.6 Å². The first-order valence-corrected chi connectivity index (χ1v) is 12.3. The highest BCUT2D eigenvalue weighted by molar-refractivity contribution is 5.98. The standard InChI is InChI=1S/C28H32FN3O/c1-17-12-28(13-17)14-20(15-28)26-23-11-24(31)19(16-30)10-25(23)32(22-4-2-21(29)3-5-22)27(26)18-6-8-33-9-7-18/h2-5,10-11,16-18,20,30H,6-9,12-15,31H2,1H3. The van der Waals surface area contributed by atoms with Gasteiger partial charge >= 0.3 is 0 Å². The van der Waals surface area contributed by atoms with Crippen molar-refractivity contribution in [2.45, 2.75) is 57.3 Å². The van der Waals surface area contributed by atoms with E-state index in [1.54, 1.807) is 0 Å². The van der Waals surface area contributed by atoms with Crippen molar-refractivity contribution in [3.05, 3.63) is 59.0 Å². The number of benzene rings is 2. The molecule has 172 valence electrons. The molecule has 1 aliphatic heterocycles. The van der Waals surface area contributed by atoms with E-state index in [0.717, 1.165) is 48.7 Å². The molecule has 0 radical (unpaired) electrons. The zero-order chi connectivity index (χ0) is 22.7. The summed E-state index contributed by atoms with van der Waals surface area (Å²) >= 11 is 0. The molecule has 6 rings (SSSR count). The minimum atomic E-state index is -0.229. The fraction of sp³-hybridized carbons (Fsp3) is 0.464. The predicted molar refractivity (Wildman–Crippen MR) is 131 cm³/mol. The molecule has 4 nitrogen and oxygen atoms in total. The highest BCUT2D eigenvalue weighted by Gasteiger charge is 2.52. The molecule has 0 atom stereocenters. The first-order chi connectivity index (χ1) is 16.0. The van der Waals surface area contributed by atoms with Crippen LogP contribution in [0.3, 0.4) is 0 Å². The Morgan fingerprint density at radius 3 is 2.39 bits per heavy atom. The number of fused-ring (bicyclic) bond motifs is 1. The third-order valence-electron chi connectivity index (χ3n) is 8.43. The Morgan fingerprint density at radius 2 is 1.76 bits per heavy atom. The lowest BCUT2D eigenvalue weighted by Crippen LogP contribution is -2.45. The summed E-state index contributed by atoms with van der Waals surface area (Å²) in [6, 6.07) is 11.0. The molecule has 0 amide bonds. The molecule has 2 heterocycles. The normalized spacial score (nSPS) is 27.5. The molecule has 3 aliphatic rings. The molecule has 0 bridgehead atoms. The molecule has 1 aromatic heterocycles. The van der Waals surface area contributed by atoms with Gasteiger partial charge in [-0.05, 0) is 97.7 Å². The van der Waals surface area contributed by atoms with Crippen molar-refractivity contribution in [2.24, 2.45) is 11.3 Å². The van der Waals surface area contributed by atoms with Crippen LogP contribution in [0.15, 0.2) is 36.4 Å². The summed E-state index contributed by atoms with van der Waals surface area (Å²) in [6.07, 6.45) is 8.53. The minimum Gasteiger partial charge on any atom is -0.398 e. The van der Waals surface area contributed by atoms with Crippen molar-refractivity contribution >= 4 is 22.8 Å². The van der Waals surface area contributed by atoms with Gasteiger partial charge in [-0.25, -0.2) is 4.39 Å². The molecular formula is C28H32FN3O. The summed E-state index contributed by atoms with van der Waals surface area (Å²) < 4.78 is 21.9. The SMILES string of the molecule is CC1CC2(C1)CC(c1c(C3CCOCC3)n(-c3ccc(F)cc3)c3cc(C=N)c(N)cc13)C2. The van der Waals surface area contributed by atoms with Crippen molar-refractivity contribution in [3.63, 3.8) is 0 Å². The van der Waals surface area contributed by atoms with Crippen LogP contribution < -0.4 is 5.73 Å². The van der Waals surface area contributed by atoms with E-state index in [9.17, 15) is 4.39 Å². The number of rotatable bonds is 4. The summed E-state index contributed by atoms with van der Waals surface area (Å²) in [6.45, 7) is 3.91. The van der Waals surface area contributed by atoms with E-state index in [0.29, 0.717) is 22.9 Å². The van der Waals surface area contributed by atoms with Crippen molar-refractivity contribution in [1.82, 2.24) is 4.57 Å². The highest BCUT2D eigenvalue weighted by Crippen LogP contribution is 2.65. The van der Waals surface area contributed by atoms with E-state index in [-0.39, 0.29) is 5.82 Å². The number of nitrogens with one attached hydrogen (secondary N) is 1. The zero-order valence-electron chi connectivity index (χ0n) is 19.2. The van der Waals surface area contributed by atoms with E-state index in [4.69, 9.17) is 15.9 Å². The molecule has 3 N–H and O–H groups in total. The Bertz CT molecular complexity index is 1210. The van der Waals surface area contributed by atoms with Crippen LogP contribution in [-0.2, 0) is 4.74 Å². The molecule has 33 heavy (non-hydrogen) atoms. The van der Waals surface area contributed by atoms with Gasteiger partial charge in [-0.2, -0.15) is 0 Å². The summed E-state index contributed by atoms with van der Waals surface area (Å²) in [7, 11) is 0. The van der Waals surface area contributed by atoms with E-state index in [1.807, 2.05) is 18.2 Å². The maximum atomic E-state index is 13.8. The van der Waals surface area contributed by atoms with Crippen LogP contribution >= 0.6 is 0 Å². The van der Waals surface area contributed by atoms with E-state index in [1.165, 1.54) is 60.7 Å². The van der Waals surface area contributed by atoms with Crippen LogP contribution in [0, 0.1) is 22.6 Å². The topological polar surface area (TPSA) is 64.0 Å². The molecule has 1 saturated heterocycles. The Labute approximate surface area is 194 Å². The smallest absolute Gasteiger partial charge is 0.123 e. The zero-order valence-corrected chi connectivity index (χ0v) is 19.2. The van der Waals surface area contributed by atoms with E-state index >= 15 is 0 Å². The lowest BCUT2D eigenvalue weighted by Gasteiger charge is -2.57. The van der Waals surface area contributed by atoms with Gasteiger partial charge in [-0.15, -0.1) is 0 Å². The average molecular weight is 446 g/mol. The summed E-state index contributed by atoms with van der Waals surface area (Å²) in [5.74, 6) is 1.55. The number of nitrogen functional groups attached to an aromatic ring is 1. The van der Waals surface area contributed by atoms with Crippen molar-refractivity contribution in [3.8, 4) is 5.69 Å². The van der Waals surface area contributed by atoms with Gasteiger partial charge in [0, 0.05) is 53.4 Å². The number of anilines is 1. The van der Waals surface area contributed by atoms with Crippen LogP contribution in [0.25, 0.3) is 16.6 Å². The highest BCUT2D eigenvalue weighted by atomic mass is 19.1. The summed E-state index contributed by atoms with van der Waals surface area (Å²) in [4.78, 5) is 0. The molecule has 0 unspecified atom stereocenters. The van der Waals surface area contributed by atoms with Crippen LogP contribution in [0.1, 0.15) is 74.1 Å². The maximum absolute atomic E-state index is 13.8. The number of nitrogens with two attached hydrogens (primary N) is 1. The fourth-order valence-corrected chi connectivity index (χ4v) is 7.15. The Hall–Kier alpha value is -2.66. The van der Waals surface area contributed by atoms with Crippen LogP contribution in [0.4, 0.5) is 10.1 Å². The maximum Gasteiger partial charge on any atom is 0.123 e. The monoisotopic (exact) mass is 445 g/mol. The number of hydrogen-bond donors (Lipinski definition) is 2. The molecule has 2 saturated carbocycles. The molecule has 3 aromatic rings. The minimum absolute atomic E-state index is 0.229. The molecule has 3 fully saturated rings. The Morgan fingerprint density at radius 1 is 1.06 bits per heavy atom. The van der Waals surface area contributed by atoms with Gasteiger partial charge in [0.25, 0.3) is 0 Å². The van der Waals surface area contributed by atoms with E-state index < -0.39 is 0 Å². The second kappa shape index (κ2) is 7.69. The quantitative estimate of drug-likeness (QED) is 0.354. The number of hydrogen-bond acceptors (Lipinski definition) is 3. The van der Waals surface area contributed by atoms with Crippen molar-refractivity contribution in [2.75, 3.05) is 18.9 Å². The second-order valence-corrected chi connectivity index (χ2v) is 10.8. The summed E-state index contributed by atoms with van der Waals surface area (Å²) in [5, 5.41) is 9.08. The predicted octanol–water partition coefficient (Wildman–Crippen LogP) is 6.54. The van der Waals surface area contributed by atoms with Gasteiger partial charge in [-0.3, -0.25) is 0 Å². The van der Waals surface area contributed by atoms with Crippen molar-refractivity contribution < 1.29 is 9.13 Å². The van der Waals surface area contributed by atoms with Crippen molar-refractivity contribution in [1.29, 1.82) is 5.41 Å². The van der Waals surface area contributed by atoms with Crippen LogP contribution in [-0.4, -0.2) is 24.0 Å². The largest absolute Gasteiger partial charge is 0.398 e. The Balaban J connectivity index is 1.58. The Kier molecular flexibility index (Phi) is 4.88. The van der Waals surface area contributed by atoms with Gasteiger partial charge in [0.1, 0.15) is 5.82 Å². The first kappa shape index (κ1) is 20.9. The van der Waals surface area contributed by atoms with Crippen LogP contribution in [0.5, 0.6) is 0 Å². The lowest BCUT2D eigenvalue weighted by atomic mass is 9.47. The molecule has 2 aromatic carbocycles. The van der Waals surface area contributed by atoms with Crippen LogP contribution in [0.2, 0.25) is 0 Å². The second-order valence-electron chi connectivity index (χ2n) is 10.8. The molecule has 2 aliphatic carbocycles. The van der Waals surface area contributed by atoms with Gasteiger partial charge in [-0.1, -0.05) is 6.92 Å². The van der Waals surface area contributed by atoms with Gasteiger partial charge in [0.2, 0.25) is 0 Å². The molecule has 1 spiro atoms.